The van der Waals surface area contributed by atoms with Gasteiger partial charge in [0, 0.05) is 18.5 Å². The summed E-state index contributed by atoms with van der Waals surface area (Å²) in [7, 11) is 0. The maximum absolute atomic E-state index is 5.20. The monoisotopic (exact) mass is 264 g/mol. The average Bonchev–Trinajstić information content (AvgIpc) is 3.00. The Labute approximate surface area is 110 Å². The van der Waals surface area contributed by atoms with Gasteiger partial charge < -0.3 is 9.09 Å². The molecule has 1 saturated carbocycles. The molecule has 2 heterocycles. The van der Waals surface area contributed by atoms with E-state index in [0.717, 1.165) is 34.7 Å². The van der Waals surface area contributed by atoms with E-state index in [9.17, 15) is 0 Å². The summed E-state index contributed by atoms with van der Waals surface area (Å²) in [6.07, 6.45) is 2.51. The lowest BCUT2D eigenvalue weighted by Crippen LogP contribution is -2.01. The minimum absolute atomic E-state index is 0.638. The van der Waals surface area contributed by atoms with Crippen LogP contribution in [0.15, 0.2) is 15.7 Å². The molecule has 1 fully saturated rings. The molecule has 0 aromatic carbocycles. The molecule has 0 bridgehead atoms. The van der Waals surface area contributed by atoms with Gasteiger partial charge in [-0.3, -0.25) is 0 Å². The predicted molar refractivity (Wildman–Crippen MR) is 68.5 cm³/mol. The highest BCUT2D eigenvalue weighted by Gasteiger charge is 2.29. The van der Waals surface area contributed by atoms with Crippen LogP contribution < -0.4 is 0 Å². The second-order valence-electron chi connectivity index (χ2n) is 4.58. The predicted octanol–water partition coefficient (Wildman–Crippen LogP) is 2.76. The standard InChI is InChI=1S/C12H16N4OS/c1-3-16-11(9-4-5-9)13-14-12(16)18-7-10-6-8(2)15-17-10/h6,9H,3-5,7H2,1-2H3. The van der Waals surface area contributed by atoms with E-state index in [4.69, 9.17) is 4.52 Å². The lowest BCUT2D eigenvalue weighted by molar-refractivity contribution is 0.391. The van der Waals surface area contributed by atoms with E-state index in [1.54, 1.807) is 11.8 Å². The van der Waals surface area contributed by atoms with Crippen LogP contribution in [-0.4, -0.2) is 19.9 Å². The fourth-order valence-electron chi connectivity index (χ4n) is 1.97. The van der Waals surface area contributed by atoms with Crippen molar-refractivity contribution < 1.29 is 4.52 Å². The fourth-order valence-corrected chi connectivity index (χ4v) is 2.85. The first kappa shape index (κ1) is 11.8. The second kappa shape index (κ2) is 4.76. The average molecular weight is 264 g/mol. The molecule has 0 N–H and O–H groups in total. The molecule has 18 heavy (non-hydrogen) atoms. The second-order valence-corrected chi connectivity index (χ2v) is 5.53. The molecule has 1 aliphatic carbocycles. The minimum atomic E-state index is 0.638. The van der Waals surface area contributed by atoms with Gasteiger partial charge in [0.05, 0.1) is 11.4 Å². The highest BCUT2D eigenvalue weighted by Crippen LogP contribution is 2.40. The van der Waals surface area contributed by atoms with Gasteiger partial charge in [-0.25, -0.2) is 0 Å². The van der Waals surface area contributed by atoms with Crippen molar-refractivity contribution in [1.82, 2.24) is 19.9 Å². The van der Waals surface area contributed by atoms with Gasteiger partial charge in [-0.15, -0.1) is 10.2 Å². The van der Waals surface area contributed by atoms with Crippen molar-refractivity contribution >= 4 is 11.8 Å². The molecule has 5 nitrogen and oxygen atoms in total. The number of aromatic nitrogens is 4. The number of hydrogen-bond acceptors (Lipinski definition) is 5. The molecule has 3 rings (SSSR count). The molecule has 0 atom stereocenters. The van der Waals surface area contributed by atoms with E-state index >= 15 is 0 Å². The van der Waals surface area contributed by atoms with Crippen LogP contribution in [-0.2, 0) is 12.3 Å². The molecule has 0 unspecified atom stereocenters. The van der Waals surface area contributed by atoms with E-state index in [0.29, 0.717) is 5.92 Å². The summed E-state index contributed by atoms with van der Waals surface area (Å²) in [6, 6.07) is 1.96. The van der Waals surface area contributed by atoms with Crippen LogP contribution in [0.4, 0.5) is 0 Å². The Morgan fingerprint density at radius 2 is 2.28 bits per heavy atom. The Morgan fingerprint density at radius 3 is 2.89 bits per heavy atom. The molecular formula is C12H16N4OS. The van der Waals surface area contributed by atoms with E-state index in [-0.39, 0.29) is 0 Å². The summed E-state index contributed by atoms with van der Waals surface area (Å²) in [5, 5.41) is 13.5. The quantitative estimate of drug-likeness (QED) is 0.777. The number of rotatable bonds is 5. The molecule has 0 radical (unpaired) electrons. The van der Waals surface area contributed by atoms with Gasteiger partial charge in [-0.2, -0.15) is 0 Å². The minimum Gasteiger partial charge on any atom is -0.360 e. The van der Waals surface area contributed by atoms with Crippen molar-refractivity contribution in [3.05, 3.63) is 23.3 Å². The molecule has 0 aliphatic heterocycles. The number of hydrogen-bond donors (Lipinski definition) is 0. The fraction of sp³-hybridized carbons (Fsp3) is 0.583. The van der Waals surface area contributed by atoms with Crippen LogP contribution in [0.2, 0.25) is 0 Å². The summed E-state index contributed by atoms with van der Waals surface area (Å²) in [5.41, 5.74) is 0.918. The third-order valence-electron chi connectivity index (χ3n) is 3.02. The van der Waals surface area contributed by atoms with Gasteiger partial charge in [-0.05, 0) is 26.7 Å². The number of aryl methyl sites for hydroxylation is 1. The first-order valence-corrected chi connectivity index (χ1v) is 7.24. The van der Waals surface area contributed by atoms with Crippen LogP contribution in [0, 0.1) is 6.92 Å². The molecule has 2 aromatic heterocycles. The van der Waals surface area contributed by atoms with Gasteiger partial charge in [0.1, 0.15) is 11.6 Å². The zero-order chi connectivity index (χ0) is 12.5. The molecule has 0 spiro atoms. The summed E-state index contributed by atoms with van der Waals surface area (Å²) < 4.78 is 7.41. The van der Waals surface area contributed by atoms with Crippen LogP contribution in [0.1, 0.15) is 43.0 Å². The molecule has 2 aromatic rings. The van der Waals surface area contributed by atoms with Crippen molar-refractivity contribution in [1.29, 1.82) is 0 Å². The van der Waals surface area contributed by atoms with E-state index < -0.39 is 0 Å². The highest BCUT2D eigenvalue weighted by atomic mass is 32.2. The molecule has 6 heteroatoms. The SMILES string of the molecule is CCn1c(SCc2cc(C)no2)nnc1C1CC1. The lowest BCUT2D eigenvalue weighted by Gasteiger charge is -2.05. The van der Waals surface area contributed by atoms with Gasteiger partial charge in [0.2, 0.25) is 0 Å². The van der Waals surface area contributed by atoms with Crippen LogP contribution in [0.25, 0.3) is 0 Å². The summed E-state index contributed by atoms with van der Waals surface area (Å²) in [5.74, 6) is 3.42. The van der Waals surface area contributed by atoms with Gasteiger partial charge in [0.25, 0.3) is 0 Å². The van der Waals surface area contributed by atoms with E-state index in [1.807, 2.05) is 13.0 Å². The normalized spacial score (nSPS) is 15.2. The van der Waals surface area contributed by atoms with E-state index in [1.165, 1.54) is 12.8 Å². The Bertz CT molecular complexity index is 544. The van der Waals surface area contributed by atoms with Crippen LogP contribution in [0.5, 0.6) is 0 Å². The summed E-state index contributed by atoms with van der Waals surface area (Å²) in [6.45, 7) is 4.99. The number of nitrogens with zero attached hydrogens (tertiary/aromatic N) is 4. The topological polar surface area (TPSA) is 56.7 Å². The van der Waals surface area contributed by atoms with Crippen molar-refractivity contribution in [2.45, 2.75) is 50.1 Å². The third kappa shape index (κ3) is 2.29. The molecule has 0 saturated heterocycles. The third-order valence-corrected chi connectivity index (χ3v) is 4.01. The van der Waals surface area contributed by atoms with Gasteiger partial charge in [-0.1, -0.05) is 16.9 Å². The largest absolute Gasteiger partial charge is 0.360 e. The molecule has 0 amide bonds. The Hall–Kier alpha value is -1.30. The lowest BCUT2D eigenvalue weighted by atomic mass is 10.4. The van der Waals surface area contributed by atoms with Crippen molar-refractivity contribution in [3.63, 3.8) is 0 Å². The maximum atomic E-state index is 5.20. The Balaban J connectivity index is 1.72. The first-order valence-electron chi connectivity index (χ1n) is 6.26. The molecular weight excluding hydrogens is 248 g/mol. The summed E-state index contributed by atoms with van der Waals surface area (Å²) >= 11 is 1.66. The Morgan fingerprint density at radius 1 is 1.44 bits per heavy atom. The zero-order valence-electron chi connectivity index (χ0n) is 10.6. The maximum Gasteiger partial charge on any atom is 0.191 e. The first-order chi connectivity index (χ1) is 8.78. The van der Waals surface area contributed by atoms with Gasteiger partial charge >= 0.3 is 0 Å². The highest BCUT2D eigenvalue weighted by molar-refractivity contribution is 7.98. The van der Waals surface area contributed by atoms with Crippen molar-refractivity contribution in [2.75, 3.05) is 0 Å². The zero-order valence-corrected chi connectivity index (χ0v) is 11.4. The molecule has 1 aliphatic rings. The molecule has 96 valence electrons. The van der Waals surface area contributed by atoms with Crippen molar-refractivity contribution in [3.8, 4) is 0 Å². The van der Waals surface area contributed by atoms with Gasteiger partial charge in [0.15, 0.2) is 5.16 Å². The van der Waals surface area contributed by atoms with Crippen molar-refractivity contribution in [2.24, 2.45) is 0 Å². The van der Waals surface area contributed by atoms with Crippen LogP contribution >= 0.6 is 11.8 Å². The smallest absolute Gasteiger partial charge is 0.191 e. The summed E-state index contributed by atoms with van der Waals surface area (Å²) in [4.78, 5) is 0. The van der Waals surface area contributed by atoms with Crippen LogP contribution in [0.3, 0.4) is 0 Å². The Kier molecular flexibility index (Phi) is 3.11. The van der Waals surface area contributed by atoms with E-state index in [2.05, 4.69) is 26.8 Å². The number of thioether (sulfide) groups is 1.